The van der Waals surface area contributed by atoms with E-state index in [1.807, 2.05) is 19.1 Å². The lowest BCUT2D eigenvalue weighted by atomic mass is 9.89. The van der Waals surface area contributed by atoms with Crippen LogP contribution in [0.4, 0.5) is 10.1 Å². The van der Waals surface area contributed by atoms with Crippen LogP contribution < -0.4 is 14.8 Å². The van der Waals surface area contributed by atoms with E-state index in [1.54, 1.807) is 30.3 Å². The molecule has 0 saturated carbocycles. The number of benzene rings is 2. The van der Waals surface area contributed by atoms with E-state index in [2.05, 4.69) is 20.4 Å². The molecule has 2 heterocycles. The maximum absolute atomic E-state index is 12.8. The van der Waals surface area contributed by atoms with Crippen LogP contribution in [0.5, 0.6) is 11.5 Å². The van der Waals surface area contributed by atoms with Gasteiger partial charge in [-0.3, -0.25) is 9.59 Å². The summed E-state index contributed by atoms with van der Waals surface area (Å²) in [6, 6.07) is 12.4. The number of anilines is 1. The molecule has 2 N–H and O–H groups in total. The summed E-state index contributed by atoms with van der Waals surface area (Å²) in [4.78, 5) is 31.6. The number of H-pyrrole nitrogens is 1. The first kappa shape index (κ1) is 23.9. The Labute approximate surface area is 202 Å². The lowest BCUT2D eigenvalue weighted by Gasteiger charge is -2.29. The number of methoxy groups -OCH3 is 1. The number of amides is 2. The van der Waals surface area contributed by atoms with Gasteiger partial charge in [-0.1, -0.05) is 19.1 Å². The van der Waals surface area contributed by atoms with E-state index in [9.17, 15) is 14.0 Å². The van der Waals surface area contributed by atoms with Crippen LogP contribution in [0.15, 0.2) is 60.1 Å². The molecule has 2 amide bonds. The summed E-state index contributed by atoms with van der Waals surface area (Å²) in [6.45, 7) is 1.34. The minimum Gasteiger partial charge on any atom is -0.493 e. The zero-order chi connectivity index (χ0) is 24.8. The molecule has 0 bridgehead atoms. The Morgan fingerprint density at radius 2 is 2.03 bits per heavy atom. The highest BCUT2D eigenvalue weighted by molar-refractivity contribution is 6.06. The quantitative estimate of drug-likeness (QED) is 0.480. The molecule has 0 aliphatic carbocycles. The van der Waals surface area contributed by atoms with Crippen LogP contribution in [0.2, 0.25) is 0 Å². The Morgan fingerprint density at radius 3 is 2.69 bits per heavy atom. The van der Waals surface area contributed by atoms with Crippen LogP contribution in [-0.4, -0.2) is 46.5 Å². The largest absolute Gasteiger partial charge is 0.493 e. The average molecular weight is 480 g/mol. The summed E-state index contributed by atoms with van der Waals surface area (Å²) in [5.41, 5.74) is 3.40. The van der Waals surface area contributed by atoms with Gasteiger partial charge in [-0.15, -0.1) is 0 Å². The molecule has 1 aliphatic rings. The van der Waals surface area contributed by atoms with E-state index in [1.165, 1.54) is 24.6 Å². The third kappa shape index (κ3) is 5.48. The van der Waals surface area contributed by atoms with Crippen molar-refractivity contribution in [1.82, 2.24) is 15.0 Å². The number of aromatic nitrogens is 2. The first-order valence-corrected chi connectivity index (χ1v) is 11.2. The van der Waals surface area contributed by atoms with Crippen molar-refractivity contribution in [3.63, 3.8) is 0 Å². The molecule has 0 spiro atoms. The second kappa shape index (κ2) is 10.8. The van der Waals surface area contributed by atoms with Gasteiger partial charge < -0.3 is 19.8 Å². The molecule has 1 aliphatic heterocycles. The van der Waals surface area contributed by atoms with E-state index in [-0.39, 0.29) is 24.3 Å². The molecule has 1 aromatic heterocycles. The second-order valence-corrected chi connectivity index (χ2v) is 7.98. The predicted molar refractivity (Wildman–Crippen MR) is 128 cm³/mol. The molecule has 3 aromatic rings. The average Bonchev–Trinajstić information content (AvgIpc) is 3.42. The van der Waals surface area contributed by atoms with Crippen molar-refractivity contribution in [3.05, 3.63) is 71.8 Å². The van der Waals surface area contributed by atoms with Crippen molar-refractivity contribution in [2.24, 2.45) is 11.0 Å². The van der Waals surface area contributed by atoms with E-state index >= 15 is 0 Å². The number of ether oxygens (including phenoxy) is 2. The molecule has 0 fully saturated rings. The third-order valence-corrected chi connectivity index (χ3v) is 5.77. The lowest BCUT2D eigenvalue weighted by molar-refractivity contribution is -0.133. The van der Waals surface area contributed by atoms with Crippen LogP contribution in [0, 0.1) is 5.92 Å². The zero-order valence-corrected chi connectivity index (χ0v) is 19.5. The molecule has 1 atom stereocenters. The Balaban J connectivity index is 1.52. The molecule has 9 nitrogen and oxygen atoms in total. The number of nitrogens with one attached hydrogen (secondary N) is 2. The highest BCUT2D eigenvalue weighted by Crippen LogP contribution is 2.32. The smallest absolute Gasteiger partial charge is 0.273 e. The Morgan fingerprint density at radius 1 is 1.23 bits per heavy atom. The number of rotatable bonds is 9. The number of aromatic amines is 1. The van der Waals surface area contributed by atoms with Gasteiger partial charge in [0.15, 0.2) is 11.5 Å². The summed E-state index contributed by atoms with van der Waals surface area (Å²) >= 11 is 0. The van der Waals surface area contributed by atoms with Crippen molar-refractivity contribution < 1.29 is 23.5 Å². The van der Waals surface area contributed by atoms with E-state index < -0.39 is 6.86 Å². The first-order valence-electron chi connectivity index (χ1n) is 11.2. The van der Waals surface area contributed by atoms with Crippen LogP contribution in [-0.2, 0) is 11.3 Å². The molecule has 0 saturated heterocycles. The standard InChI is InChI=1S/C25H26FN5O4/c1-3-17-11-23(32)31(30-24(17)18-6-9-21(35-14-26)22(10-18)34-2)13-16-4-7-19(8-5-16)29-25(33)20-12-27-15-28-20/h4-10,12,15,17H,3,11,13-14H2,1-2H3,(H,27,28)(H,29,33). The fraction of sp³-hybridized carbons (Fsp3) is 0.280. The molecule has 0 radical (unpaired) electrons. The summed E-state index contributed by atoms with van der Waals surface area (Å²) in [5.74, 6) is 0.294. The minimum atomic E-state index is -0.956. The first-order chi connectivity index (χ1) is 17.0. The van der Waals surface area contributed by atoms with Gasteiger partial charge >= 0.3 is 0 Å². The molecule has 10 heteroatoms. The van der Waals surface area contributed by atoms with E-state index in [0.717, 1.165) is 23.3 Å². The fourth-order valence-corrected chi connectivity index (χ4v) is 3.88. The monoisotopic (exact) mass is 479 g/mol. The number of alkyl halides is 1. The van der Waals surface area contributed by atoms with Gasteiger partial charge in [-0.05, 0) is 42.3 Å². The number of nitrogens with zero attached hydrogens (tertiary/aromatic N) is 3. The Kier molecular flexibility index (Phi) is 7.39. The summed E-state index contributed by atoms with van der Waals surface area (Å²) in [6.07, 6.45) is 3.96. The third-order valence-electron chi connectivity index (χ3n) is 5.77. The van der Waals surface area contributed by atoms with Crippen molar-refractivity contribution in [2.75, 3.05) is 19.3 Å². The molecular formula is C25H26FN5O4. The molecule has 182 valence electrons. The maximum Gasteiger partial charge on any atom is 0.273 e. The topological polar surface area (TPSA) is 109 Å². The number of hydrazone groups is 1. The number of imidazole rings is 1. The van der Waals surface area contributed by atoms with Gasteiger partial charge in [0.05, 0.1) is 31.9 Å². The SMILES string of the molecule is CCC1CC(=O)N(Cc2ccc(NC(=O)c3cnc[nH]3)cc2)N=C1c1ccc(OCF)c(OC)c1. The van der Waals surface area contributed by atoms with Crippen molar-refractivity contribution in [3.8, 4) is 11.5 Å². The van der Waals surface area contributed by atoms with Crippen LogP contribution >= 0.6 is 0 Å². The van der Waals surface area contributed by atoms with Gasteiger partial charge in [0.2, 0.25) is 12.8 Å². The van der Waals surface area contributed by atoms with Gasteiger partial charge in [0.1, 0.15) is 5.69 Å². The minimum absolute atomic E-state index is 0.0449. The van der Waals surface area contributed by atoms with Crippen LogP contribution in [0.25, 0.3) is 0 Å². The van der Waals surface area contributed by atoms with E-state index in [4.69, 9.17) is 9.47 Å². The van der Waals surface area contributed by atoms with Gasteiger partial charge in [0, 0.05) is 23.6 Å². The van der Waals surface area contributed by atoms with Crippen molar-refractivity contribution >= 4 is 23.2 Å². The fourth-order valence-electron chi connectivity index (χ4n) is 3.88. The lowest BCUT2D eigenvalue weighted by Crippen LogP contribution is -2.36. The van der Waals surface area contributed by atoms with Crippen LogP contribution in [0.3, 0.4) is 0 Å². The van der Waals surface area contributed by atoms with Gasteiger partial charge in [0.25, 0.3) is 5.91 Å². The normalized spacial score (nSPS) is 15.5. The van der Waals surface area contributed by atoms with E-state index in [0.29, 0.717) is 29.3 Å². The Bertz CT molecular complexity index is 1210. The van der Waals surface area contributed by atoms with Crippen LogP contribution in [0.1, 0.15) is 41.4 Å². The number of carbonyl (C=O) groups excluding carboxylic acids is 2. The predicted octanol–water partition coefficient (Wildman–Crippen LogP) is 4.14. The highest BCUT2D eigenvalue weighted by Gasteiger charge is 2.29. The number of hydrogen-bond donors (Lipinski definition) is 2. The second-order valence-electron chi connectivity index (χ2n) is 7.98. The summed E-state index contributed by atoms with van der Waals surface area (Å²) in [7, 11) is 1.49. The highest BCUT2D eigenvalue weighted by atomic mass is 19.1. The number of hydrogen-bond acceptors (Lipinski definition) is 6. The molecule has 2 aromatic carbocycles. The summed E-state index contributed by atoms with van der Waals surface area (Å²) in [5, 5.41) is 8.93. The number of carbonyl (C=O) groups is 2. The molecule has 1 unspecified atom stereocenters. The zero-order valence-electron chi connectivity index (χ0n) is 19.5. The molecular weight excluding hydrogens is 453 g/mol. The Hall–Kier alpha value is -4.21. The maximum atomic E-state index is 12.8. The van der Waals surface area contributed by atoms with Crippen molar-refractivity contribution in [2.45, 2.75) is 26.3 Å². The molecule has 4 rings (SSSR count). The summed E-state index contributed by atoms with van der Waals surface area (Å²) < 4.78 is 23.0. The van der Waals surface area contributed by atoms with Gasteiger partial charge in [-0.2, -0.15) is 5.10 Å². The van der Waals surface area contributed by atoms with Crippen molar-refractivity contribution in [1.29, 1.82) is 0 Å². The van der Waals surface area contributed by atoms with Gasteiger partial charge in [-0.25, -0.2) is 14.4 Å². The molecule has 35 heavy (non-hydrogen) atoms. The number of halogens is 1.